The lowest BCUT2D eigenvalue weighted by Crippen LogP contribution is -2.18. The van der Waals surface area contributed by atoms with Gasteiger partial charge in [-0.2, -0.15) is 0 Å². The van der Waals surface area contributed by atoms with Crippen molar-refractivity contribution in [3.8, 4) is 0 Å². The molecule has 3 atom stereocenters. The maximum atomic E-state index is 11.9. The molecule has 0 fully saturated rings. The first-order valence-electron chi connectivity index (χ1n) is 9.00. The van der Waals surface area contributed by atoms with Gasteiger partial charge in [0.1, 0.15) is 0 Å². The SMILES string of the molecule is CCCCCCC=C[C@H]1C=CC(=O)[C@@H]1CC=CCCC(O)C(=O)O. The number of carbonyl (C=O) groups excluding carboxylic acids is 1. The highest BCUT2D eigenvalue weighted by molar-refractivity contribution is 5.95. The van der Waals surface area contributed by atoms with Gasteiger partial charge in [-0.3, -0.25) is 4.79 Å². The standard InChI is InChI=1S/C20H30O4/c1-2-3-4-5-6-8-11-16-14-15-18(21)17(16)12-9-7-10-13-19(22)20(23)24/h7-9,11,14-17,19,22H,2-6,10,12-13H2,1H3,(H,23,24)/t16-,17+,19?/m0/s1. The average Bonchev–Trinajstić information content (AvgIpc) is 2.90. The second-order valence-electron chi connectivity index (χ2n) is 6.36. The summed E-state index contributed by atoms with van der Waals surface area (Å²) in [4.78, 5) is 22.5. The molecule has 0 radical (unpaired) electrons. The number of allylic oxidation sites excluding steroid dienone is 6. The molecule has 4 nitrogen and oxygen atoms in total. The van der Waals surface area contributed by atoms with Crippen molar-refractivity contribution in [2.24, 2.45) is 11.8 Å². The highest BCUT2D eigenvalue weighted by Gasteiger charge is 2.26. The molecule has 0 heterocycles. The number of ketones is 1. The molecule has 0 saturated heterocycles. The molecule has 1 rings (SSSR count). The molecule has 1 aliphatic carbocycles. The van der Waals surface area contributed by atoms with Crippen molar-refractivity contribution in [1.29, 1.82) is 0 Å². The molecule has 24 heavy (non-hydrogen) atoms. The Morgan fingerprint density at radius 1 is 1.21 bits per heavy atom. The molecule has 134 valence electrons. The van der Waals surface area contributed by atoms with Crippen LogP contribution in [0.1, 0.15) is 58.3 Å². The highest BCUT2D eigenvalue weighted by Crippen LogP contribution is 2.27. The molecule has 0 aromatic heterocycles. The normalized spacial score (nSPS) is 22.0. The second-order valence-corrected chi connectivity index (χ2v) is 6.36. The van der Waals surface area contributed by atoms with Gasteiger partial charge in [-0.1, -0.05) is 56.6 Å². The van der Waals surface area contributed by atoms with Gasteiger partial charge in [-0.15, -0.1) is 0 Å². The summed E-state index contributed by atoms with van der Waals surface area (Å²) in [6, 6.07) is 0. The molecule has 0 aromatic rings. The topological polar surface area (TPSA) is 74.6 Å². The number of rotatable bonds is 12. The van der Waals surface area contributed by atoms with Gasteiger partial charge >= 0.3 is 5.97 Å². The van der Waals surface area contributed by atoms with Gasteiger partial charge in [0, 0.05) is 11.8 Å². The molecule has 0 aliphatic heterocycles. The quantitative estimate of drug-likeness (QED) is 0.417. The minimum Gasteiger partial charge on any atom is -0.479 e. The van der Waals surface area contributed by atoms with Crippen molar-refractivity contribution in [1.82, 2.24) is 0 Å². The number of unbranched alkanes of at least 4 members (excludes halogenated alkanes) is 4. The molecular weight excluding hydrogens is 304 g/mol. The molecule has 0 bridgehead atoms. The summed E-state index contributed by atoms with van der Waals surface area (Å²) in [6.45, 7) is 2.20. The van der Waals surface area contributed by atoms with Crippen LogP contribution in [0.5, 0.6) is 0 Å². The van der Waals surface area contributed by atoms with E-state index in [1.165, 1.54) is 25.7 Å². The molecule has 0 amide bonds. The molecule has 4 heteroatoms. The monoisotopic (exact) mass is 334 g/mol. The molecular formula is C20H30O4. The van der Waals surface area contributed by atoms with Gasteiger partial charge in [0.2, 0.25) is 0 Å². The van der Waals surface area contributed by atoms with E-state index in [0.29, 0.717) is 12.8 Å². The predicted molar refractivity (Wildman–Crippen MR) is 95.7 cm³/mol. The maximum absolute atomic E-state index is 11.9. The highest BCUT2D eigenvalue weighted by atomic mass is 16.4. The first kappa shape index (κ1) is 20.4. The summed E-state index contributed by atoms with van der Waals surface area (Å²) < 4.78 is 0. The van der Waals surface area contributed by atoms with Crippen LogP contribution in [0.25, 0.3) is 0 Å². The van der Waals surface area contributed by atoms with E-state index in [1.807, 2.05) is 18.2 Å². The fourth-order valence-electron chi connectivity index (χ4n) is 2.81. The summed E-state index contributed by atoms with van der Waals surface area (Å²) >= 11 is 0. The van der Waals surface area contributed by atoms with Crippen molar-refractivity contribution in [2.45, 2.75) is 64.4 Å². The third-order valence-corrected chi connectivity index (χ3v) is 4.34. The number of carbonyl (C=O) groups is 2. The number of aliphatic hydroxyl groups is 1. The van der Waals surface area contributed by atoms with E-state index in [9.17, 15) is 14.7 Å². The van der Waals surface area contributed by atoms with E-state index in [4.69, 9.17) is 5.11 Å². The molecule has 1 unspecified atom stereocenters. The van der Waals surface area contributed by atoms with Crippen molar-refractivity contribution >= 4 is 11.8 Å². The predicted octanol–water partition coefficient (Wildman–Crippen LogP) is 4.06. The Kier molecular flexibility index (Phi) is 10.0. The summed E-state index contributed by atoms with van der Waals surface area (Å²) in [5, 5.41) is 17.8. The van der Waals surface area contributed by atoms with Crippen LogP contribution in [-0.2, 0) is 9.59 Å². The first-order chi connectivity index (χ1) is 11.6. The number of carboxylic acids is 1. The second kappa shape index (κ2) is 11.8. The summed E-state index contributed by atoms with van der Waals surface area (Å²) in [7, 11) is 0. The minimum atomic E-state index is -1.31. The third-order valence-electron chi connectivity index (χ3n) is 4.34. The van der Waals surface area contributed by atoms with Gasteiger partial charge in [-0.25, -0.2) is 4.79 Å². The Hall–Kier alpha value is -1.68. The summed E-state index contributed by atoms with van der Waals surface area (Å²) in [6.07, 6.45) is 17.8. The fraction of sp³-hybridized carbons (Fsp3) is 0.600. The van der Waals surface area contributed by atoms with Crippen LogP contribution in [0, 0.1) is 11.8 Å². The Morgan fingerprint density at radius 3 is 2.71 bits per heavy atom. The van der Waals surface area contributed by atoms with Crippen LogP contribution < -0.4 is 0 Å². The third kappa shape index (κ3) is 7.73. The Bertz CT molecular complexity index is 476. The Labute approximate surface area is 145 Å². The van der Waals surface area contributed by atoms with E-state index >= 15 is 0 Å². The van der Waals surface area contributed by atoms with E-state index in [1.54, 1.807) is 6.08 Å². The van der Waals surface area contributed by atoms with Crippen LogP contribution in [0.4, 0.5) is 0 Å². The number of hydrogen-bond acceptors (Lipinski definition) is 3. The molecule has 0 aromatic carbocycles. The van der Waals surface area contributed by atoms with Crippen LogP contribution >= 0.6 is 0 Å². The van der Waals surface area contributed by atoms with Gasteiger partial charge in [-0.05, 0) is 38.2 Å². The zero-order valence-corrected chi connectivity index (χ0v) is 14.6. The van der Waals surface area contributed by atoms with Gasteiger partial charge < -0.3 is 10.2 Å². The van der Waals surface area contributed by atoms with Crippen LogP contribution in [0.15, 0.2) is 36.5 Å². The van der Waals surface area contributed by atoms with E-state index in [2.05, 4.69) is 19.1 Å². The smallest absolute Gasteiger partial charge is 0.332 e. The molecule has 0 saturated carbocycles. The average molecular weight is 334 g/mol. The molecule has 1 aliphatic rings. The maximum Gasteiger partial charge on any atom is 0.332 e. The lowest BCUT2D eigenvalue weighted by atomic mass is 9.90. The van der Waals surface area contributed by atoms with Gasteiger partial charge in [0.15, 0.2) is 11.9 Å². The molecule has 0 spiro atoms. The first-order valence-corrected chi connectivity index (χ1v) is 9.00. The van der Waals surface area contributed by atoms with Crippen molar-refractivity contribution in [2.75, 3.05) is 0 Å². The van der Waals surface area contributed by atoms with Crippen molar-refractivity contribution in [3.63, 3.8) is 0 Å². The zero-order chi connectivity index (χ0) is 17.8. The van der Waals surface area contributed by atoms with Gasteiger partial charge in [0.25, 0.3) is 0 Å². The molecule has 2 N–H and O–H groups in total. The van der Waals surface area contributed by atoms with E-state index in [-0.39, 0.29) is 24.0 Å². The fourth-order valence-corrected chi connectivity index (χ4v) is 2.81. The van der Waals surface area contributed by atoms with Crippen molar-refractivity contribution < 1.29 is 19.8 Å². The number of aliphatic carboxylic acids is 1. The summed E-state index contributed by atoms with van der Waals surface area (Å²) in [5.41, 5.74) is 0. The van der Waals surface area contributed by atoms with Crippen LogP contribution in [0.3, 0.4) is 0 Å². The lowest BCUT2D eigenvalue weighted by molar-refractivity contribution is -0.146. The zero-order valence-electron chi connectivity index (χ0n) is 14.6. The Morgan fingerprint density at radius 2 is 2.00 bits per heavy atom. The summed E-state index contributed by atoms with van der Waals surface area (Å²) in [5.74, 6) is -0.913. The number of aliphatic hydroxyl groups excluding tert-OH is 1. The van der Waals surface area contributed by atoms with E-state index < -0.39 is 12.1 Å². The van der Waals surface area contributed by atoms with Gasteiger partial charge in [0.05, 0.1) is 0 Å². The largest absolute Gasteiger partial charge is 0.479 e. The van der Waals surface area contributed by atoms with Crippen LogP contribution in [0.2, 0.25) is 0 Å². The number of hydrogen-bond donors (Lipinski definition) is 2. The Balaban J connectivity index is 2.32. The van der Waals surface area contributed by atoms with Crippen LogP contribution in [-0.4, -0.2) is 28.1 Å². The lowest BCUT2D eigenvalue weighted by Gasteiger charge is -2.12. The van der Waals surface area contributed by atoms with E-state index in [0.717, 1.165) is 6.42 Å². The van der Waals surface area contributed by atoms with Crippen molar-refractivity contribution in [3.05, 3.63) is 36.5 Å². The number of carboxylic acid groups (broad SMARTS) is 1. The minimum absolute atomic E-state index is 0.0439.